The number of rotatable bonds is 7. The van der Waals surface area contributed by atoms with Gasteiger partial charge in [-0.1, -0.05) is 41.6 Å². The molecule has 0 atom stereocenters. The smallest absolute Gasteiger partial charge is 0.230 e. The number of thiazole rings is 1. The fourth-order valence-corrected chi connectivity index (χ4v) is 4.94. The molecule has 0 aliphatic rings. The number of ether oxygens (including phenoxy) is 1. The molecular weight excluding hydrogens is 454 g/mol. The molecule has 0 spiro atoms. The Bertz CT molecular complexity index is 1210. The van der Waals surface area contributed by atoms with E-state index in [1.165, 1.54) is 30.0 Å². The largest absolute Gasteiger partial charge is 0.495 e. The molecule has 0 unspecified atom stereocenters. The van der Waals surface area contributed by atoms with Gasteiger partial charge in [0.25, 0.3) is 0 Å². The molecule has 0 N–H and O–H groups in total. The Labute approximate surface area is 192 Å². The molecule has 4 aromatic rings. The van der Waals surface area contributed by atoms with E-state index in [4.69, 9.17) is 16.3 Å². The summed E-state index contributed by atoms with van der Waals surface area (Å²) in [4.78, 5) is 18.6. The number of anilines is 2. The number of hydrogen-bond acceptors (Lipinski definition) is 7. The van der Waals surface area contributed by atoms with Crippen LogP contribution >= 0.6 is 34.7 Å². The van der Waals surface area contributed by atoms with Crippen LogP contribution in [0.1, 0.15) is 12.6 Å². The quantitative estimate of drug-likeness (QED) is 0.338. The number of carbonyl (C=O) groups excluding carboxylic acids is 1. The minimum atomic E-state index is -0.140. The number of methoxy groups -OCH3 is 1. The van der Waals surface area contributed by atoms with E-state index in [-0.39, 0.29) is 5.91 Å². The Balaban J connectivity index is 1.54. The minimum absolute atomic E-state index is 0.140. The van der Waals surface area contributed by atoms with Crippen LogP contribution in [0.15, 0.2) is 65.4 Å². The highest BCUT2D eigenvalue weighted by atomic mass is 35.5. The Morgan fingerprint density at radius 2 is 2.10 bits per heavy atom. The van der Waals surface area contributed by atoms with Gasteiger partial charge in [-0.2, -0.15) is 0 Å². The first-order valence-corrected chi connectivity index (χ1v) is 11.5. The number of aromatic nitrogens is 4. The fraction of sp³-hybridized carbons (Fsp3) is 0.143. The topological polar surface area (TPSA) is 73.1 Å². The average Bonchev–Trinajstić information content (AvgIpc) is 3.42. The number of halogens is 1. The average molecular weight is 472 g/mol. The van der Waals surface area contributed by atoms with Crippen molar-refractivity contribution in [3.63, 3.8) is 0 Å². The highest BCUT2D eigenvalue weighted by molar-refractivity contribution is 7.98. The van der Waals surface area contributed by atoms with Crippen LogP contribution in [0.2, 0.25) is 5.02 Å². The van der Waals surface area contributed by atoms with Gasteiger partial charge in [0.15, 0.2) is 10.3 Å². The zero-order valence-corrected chi connectivity index (χ0v) is 19.1. The van der Waals surface area contributed by atoms with Gasteiger partial charge in [-0.3, -0.25) is 14.3 Å². The third-order valence-electron chi connectivity index (χ3n) is 4.32. The number of nitrogens with zero attached hydrogens (tertiary/aromatic N) is 5. The summed E-state index contributed by atoms with van der Waals surface area (Å²) in [7, 11) is 1.58. The van der Waals surface area contributed by atoms with Gasteiger partial charge in [0.05, 0.1) is 24.2 Å². The molecule has 0 bridgehead atoms. The molecule has 1 amide bonds. The zero-order valence-electron chi connectivity index (χ0n) is 16.7. The molecule has 0 radical (unpaired) electrons. The van der Waals surface area contributed by atoms with Crippen LogP contribution in [-0.4, -0.2) is 32.8 Å². The molecule has 2 aromatic carbocycles. The van der Waals surface area contributed by atoms with Crippen molar-refractivity contribution in [2.75, 3.05) is 12.0 Å². The van der Waals surface area contributed by atoms with Crippen LogP contribution < -0.4 is 9.64 Å². The first-order valence-electron chi connectivity index (χ1n) is 9.23. The Morgan fingerprint density at radius 3 is 2.87 bits per heavy atom. The van der Waals surface area contributed by atoms with Crippen molar-refractivity contribution in [2.24, 2.45) is 0 Å². The molecule has 0 fully saturated rings. The SMILES string of the molecule is COc1ccccc1N(C(C)=O)c1nc(CSc2nncn2-c2cccc(Cl)c2)cs1. The highest BCUT2D eigenvalue weighted by Gasteiger charge is 2.21. The molecule has 0 saturated heterocycles. The van der Waals surface area contributed by atoms with E-state index in [2.05, 4.69) is 15.2 Å². The van der Waals surface area contributed by atoms with Gasteiger partial charge in [-0.05, 0) is 30.3 Å². The van der Waals surface area contributed by atoms with Gasteiger partial charge in [-0.25, -0.2) is 4.98 Å². The summed E-state index contributed by atoms with van der Waals surface area (Å²) in [5.74, 6) is 1.05. The monoisotopic (exact) mass is 471 g/mol. The lowest BCUT2D eigenvalue weighted by Crippen LogP contribution is -2.23. The molecule has 2 aromatic heterocycles. The summed E-state index contributed by atoms with van der Waals surface area (Å²) in [5.41, 5.74) is 2.39. The highest BCUT2D eigenvalue weighted by Crippen LogP contribution is 2.36. The van der Waals surface area contributed by atoms with Crippen LogP contribution in [-0.2, 0) is 10.5 Å². The van der Waals surface area contributed by atoms with E-state index in [0.717, 1.165) is 16.5 Å². The first kappa shape index (κ1) is 21.4. The van der Waals surface area contributed by atoms with Crippen LogP contribution in [0, 0.1) is 0 Å². The molecule has 31 heavy (non-hydrogen) atoms. The molecule has 2 heterocycles. The number of para-hydroxylation sites is 2. The number of carbonyl (C=O) groups is 1. The predicted molar refractivity (Wildman–Crippen MR) is 124 cm³/mol. The maximum absolute atomic E-state index is 12.4. The summed E-state index contributed by atoms with van der Waals surface area (Å²) < 4.78 is 7.29. The van der Waals surface area contributed by atoms with Gasteiger partial charge < -0.3 is 4.74 Å². The molecule has 0 aliphatic heterocycles. The maximum Gasteiger partial charge on any atom is 0.230 e. The van der Waals surface area contributed by atoms with E-state index >= 15 is 0 Å². The lowest BCUT2D eigenvalue weighted by molar-refractivity contribution is -0.115. The van der Waals surface area contributed by atoms with Gasteiger partial charge >= 0.3 is 0 Å². The van der Waals surface area contributed by atoms with Crippen LogP contribution in [0.4, 0.5) is 10.8 Å². The van der Waals surface area contributed by atoms with E-state index in [9.17, 15) is 4.79 Å². The summed E-state index contributed by atoms with van der Waals surface area (Å²) in [6, 6.07) is 14.9. The molecule has 4 rings (SSSR count). The molecule has 10 heteroatoms. The second-order valence-corrected chi connectivity index (χ2v) is 8.62. The third kappa shape index (κ3) is 4.73. The van der Waals surface area contributed by atoms with Crippen molar-refractivity contribution < 1.29 is 9.53 Å². The summed E-state index contributed by atoms with van der Waals surface area (Å²) in [6.07, 6.45) is 1.65. The molecular formula is C21H18ClN5O2S2. The van der Waals surface area contributed by atoms with Crippen molar-refractivity contribution in [3.8, 4) is 11.4 Å². The van der Waals surface area contributed by atoms with Gasteiger partial charge in [-0.15, -0.1) is 21.5 Å². The number of hydrogen-bond donors (Lipinski definition) is 0. The van der Waals surface area contributed by atoms with Crippen molar-refractivity contribution >= 4 is 51.4 Å². The Kier molecular flexibility index (Phi) is 6.55. The molecule has 158 valence electrons. The second-order valence-electron chi connectivity index (χ2n) is 6.40. The second kappa shape index (κ2) is 9.51. The van der Waals surface area contributed by atoms with Crippen molar-refractivity contribution in [1.82, 2.24) is 19.7 Å². The third-order valence-corrected chi connectivity index (χ3v) is 6.41. The normalized spacial score (nSPS) is 10.8. The summed E-state index contributed by atoms with van der Waals surface area (Å²) in [6.45, 7) is 1.51. The maximum atomic E-state index is 12.4. The minimum Gasteiger partial charge on any atom is -0.495 e. The first-order chi connectivity index (χ1) is 15.1. The van der Waals surface area contributed by atoms with Crippen molar-refractivity contribution in [2.45, 2.75) is 17.8 Å². The standard InChI is InChI=1S/C21H18ClN5O2S2/c1-14(28)27(18-8-3-4-9-19(18)29-2)20-24-16(11-30-20)12-31-21-25-23-13-26(21)17-7-5-6-15(22)10-17/h3-11,13H,12H2,1-2H3. The Hall–Kier alpha value is -2.88. The predicted octanol–water partition coefficient (Wildman–Crippen LogP) is 5.36. The van der Waals surface area contributed by atoms with Crippen molar-refractivity contribution in [1.29, 1.82) is 0 Å². The fourth-order valence-electron chi connectivity index (χ4n) is 2.95. The van der Waals surface area contributed by atoms with Gasteiger partial charge in [0.1, 0.15) is 12.1 Å². The van der Waals surface area contributed by atoms with E-state index in [1.54, 1.807) is 18.3 Å². The molecule has 0 aliphatic carbocycles. The number of benzene rings is 2. The molecule has 7 nitrogen and oxygen atoms in total. The van der Waals surface area contributed by atoms with Gasteiger partial charge in [0.2, 0.25) is 5.91 Å². The lowest BCUT2D eigenvalue weighted by atomic mass is 10.2. The van der Waals surface area contributed by atoms with Gasteiger partial charge in [0, 0.05) is 23.1 Å². The van der Waals surface area contributed by atoms with Crippen LogP contribution in [0.25, 0.3) is 5.69 Å². The van der Waals surface area contributed by atoms with Crippen molar-refractivity contribution in [3.05, 3.63) is 71.0 Å². The Morgan fingerprint density at radius 1 is 1.26 bits per heavy atom. The summed E-state index contributed by atoms with van der Waals surface area (Å²) >= 11 is 9.02. The number of amides is 1. The van der Waals surface area contributed by atoms with Crippen LogP contribution in [0.3, 0.4) is 0 Å². The van der Waals surface area contributed by atoms with E-state index in [0.29, 0.717) is 27.3 Å². The van der Waals surface area contributed by atoms with E-state index < -0.39 is 0 Å². The number of thioether (sulfide) groups is 1. The van der Waals surface area contributed by atoms with Crippen LogP contribution in [0.5, 0.6) is 5.75 Å². The summed E-state index contributed by atoms with van der Waals surface area (Å²) in [5, 5.41) is 12.1. The zero-order chi connectivity index (χ0) is 21.8. The lowest BCUT2D eigenvalue weighted by Gasteiger charge is -2.20. The molecule has 0 saturated carbocycles. The van der Waals surface area contributed by atoms with E-state index in [1.807, 2.05) is 58.5 Å².